The average Bonchev–Trinajstić information content (AvgIpc) is 3.62. The molecule has 16 heteroatoms. The molecular weight excluding hydrogens is 720 g/mol. The first-order valence-electron chi connectivity index (χ1n) is 13.8. The molecule has 0 fully saturated rings. The summed E-state index contributed by atoms with van der Waals surface area (Å²) in [6.07, 6.45) is 2.95. The fourth-order valence-corrected chi connectivity index (χ4v) is 5.10. The number of thiazole rings is 2. The van der Waals surface area contributed by atoms with Gasteiger partial charge in [0.05, 0.1) is 40.8 Å². The van der Waals surface area contributed by atoms with Crippen LogP contribution in [0.4, 0.5) is 21.6 Å². The van der Waals surface area contributed by atoms with Crippen LogP contribution < -0.4 is 30.7 Å². The van der Waals surface area contributed by atoms with E-state index in [2.05, 4.69) is 47.2 Å². The largest absolute Gasteiger partial charge is 0.491 e. The highest BCUT2D eigenvalue weighted by molar-refractivity contribution is 9.11. The molecule has 4 amide bonds. The molecule has 2 aromatic carbocycles. The van der Waals surface area contributed by atoms with Gasteiger partial charge in [0.25, 0.3) is 0 Å². The maximum Gasteiger partial charge on any atom is 0.315 e. The summed E-state index contributed by atoms with van der Waals surface area (Å²) in [7, 11) is 0. The van der Waals surface area contributed by atoms with Crippen LogP contribution in [-0.2, 0) is 19.2 Å². The number of anilines is 4. The Morgan fingerprint density at radius 1 is 0.696 bits per heavy atom. The first-order valence-corrected chi connectivity index (χ1v) is 16.6. The van der Waals surface area contributed by atoms with Crippen LogP contribution in [0.15, 0.2) is 64.7 Å². The first kappa shape index (κ1) is 36.4. The summed E-state index contributed by atoms with van der Waals surface area (Å²) in [5.41, 5.74) is 0.888. The quantitative estimate of drug-likeness (QED) is 0.127. The third-order valence-electron chi connectivity index (χ3n) is 5.22. The molecular formula is C30H32BrClN6O6S2. The summed E-state index contributed by atoms with van der Waals surface area (Å²) >= 11 is 11.3. The predicted octanol–water partition coefficient (Wildman–Crippen LogP) is 6.93. The number of hydrogen-bond donors (Lipinski definition) is 4. The third-order valence-corrected chi connectivity index (χ3v) is 7.65. The molecule has 0 bridgehead atoms. The van der Waals surface area contributed by atoms with Gasteiger partial charge < -0.3 is 20.1 Å². The Balaban J connectivity index is 0.000000250. The minimum absolute atomic E-state index is 0.263. The fraction of sp³-hybridized carbons (Fsp3) is 0.267. The topological polar surface area (TPSA) is 161 Å². The summed E-state index contributed by atoms with van der Waals surface area (Å²) in [5, 5.41) is 10.5. The van der Waals surface area contributed by atoms with Crippen LogP contribution in [0, 0.1) is 11.8 Å². The normalized spacial score (nSPS) is 10.4. The number of aromatic nitrogens is 2. The molecule has 0 aliphatic heterocycles. The lowest BCUT2D eigenvalue weighted by atomic mass is 10.2. The number of carbonyl (C=O) groups is 4. The fourth-order valence-electron chi connectivity index (χ4n) is 3.19. The van der Waals surface area contributed by atoms with E-state index in [0.717, 1.165) is 15.1 Å². The van der Waals surface area contributed by atoms with E-state index in [1.807, 2.05) is 27.7 Å². The summed E-state index contributed by atoms with van der Waals surface area (Å²) in [6.45, 7) is 9.13. The van der Waals surface area contributed by atoms with Crippen LogP contribution in [0.2, 0.25) is 4.34 Å². The zero-order valence-electron chi connectivity index (χ0n) is 25.3. The number of hydrogen-bond acceptors (Lipinski definition) is 10. The number of nitrogens with one attached hydrogen (secondary N) is 4. The zero-order valence-corrected chi connectivity index (χ0v) is 29.2. The highest BCUT2D eigenvalue weighted by atomic mass is 79.9. The number of benzene rings is 2. The van der Waals surface area contributed by atoms with E-state index in [1.165, 1.54) is 17.5 Å². The molecule has 0 radical (unpaired) electrons. The van der Waals surface area contributed by atoms with E-state index in [4.69, 9.17) is 21.1 Å². The highest BCUT2D eigenvalue weighted by Crippen LogP contribution is 2.27. The molecule has 4 N–H and O–H groups in total. The molecule has 0 saturated heterocycles. The van der Waals surface area contributed by atoms with E-state index < -0.39 is 23.6 Å². The lowest BCUT2D eigenvalue weighted by molar-refractivity contribution is -0.133. The van der Waals surface area contributed by atoms with Crippen LogP contribution in [0.25, 0.3) is 0 Å². The van der Waals surface area contributed by atoms with Crippen LogP contribution in [0.3, 0.4) is 0 Å². The first-order chi connectivity index (χ1) is 21.9. The van der Waals surface area contributed by atoms with Gasteiger partial charge in [0.15, 0.2) is 10.3 Å². The van der Waals surface area contributed by atoms with Crippen molar-refractivity contribution in [3.63, 3.8) is 0 Å². The Morgan fingerprint density at radius 3 is 1.50 bits per heavy atom. The molecule has 0 aliphatic rings. The van der Waals surface area contributed by atoms with Crippen molar-refractivity contribution in [2.45, 2.75) is 27.7 Å². The van der Waals surface area contributed by atoms with E-state index in [9.17, 15) is 19.2 Å². The molecule has 46 heavy (non-hydrogen) atoms. The van der Waals surface area contributed by atoms with E-state index in [0.29, 0.717) is 57.4 Å². The van der Waals surface area contributed by atoms with Crippen molar-refractivity contribution in [2.75, 3.05) is 34.5 Å². The molecule has 0 unspecified atom stereocenters. The van der Waals surface area contributed by atoms with Crippen molar-refractivity contribution in [1.29, 1.82) is 0 Å². The summed E-state index contributed by atoms with van der Waals surface area (Å²) in [6, 6.07) is 13.9. The van der Waals surface area contributed by atoms with Crippen molar-refractivity contribution >= 4 is 95.5 Å². The van der Waals surface area contributed by atoms with Crippen molar-refractivity contribution in [1.82, 2.24) is 9.97 Å². The smallest absolute Gasteiger partial charge is 0.315 e. The van der Waals surface area contributed by atoms with Crippen LogP contribution in [0.1, 0.15) is 27.7 Å². The third kappa shape index (κ3) is 12.4. The van der Waals surface area contributed by atoms with Gasteiger partial charge in [0.1, 0.15) is 15.8 Å². The van der Waals surface area contributed by atoms with Gasteiger partial charge in [-0.1, -0.05) is 86.2 Å². The minimum Gasteiger partial charge on any atom is -0.491 e. The van der Waals surface area contributed by atoms with Crippen LogP contribution >= 0.6 is 50.2 Å². The average molecular weight is 752 g/mol. The number of ether oxygens (including phenoxy) is 2. The molecule has 0 atom stereocenters. The number of nitrogens with zero attached hydrogens (tertiary/aromatic N) is 2. The second-order valence-corrected chi connectivity index (χ2v) is 14.2. The Hall–Kier alpha value is -4.05. The van der Waals surface area contributed by atoms with Gasteiger partial charge in [0, 0.05) is 0 Å². The van der Waals surface area contributed by atoms with Crippen LogP contribution in [0.5, 0.6) is 11.5 Å². The van der Waals surface area contributed by atoms with E-state index >= 15 is 0 Å². The molecule has 2 heterocycles. The zero-order chi connectivity index (χ0) is 33.6. The van der Waals surface area contributed by atoms with Gasteiger partial charge in [-0.25, -0.2) is 9.97 Å². The maximum absolute atomic E-state index is 12.0. The molecule has 244 valence electrons. The number of rotatable bonds is 10. The lowest BCUT2D eigenvalue weighted by Gasteiger charge is -2.13. The predicted molar refractivity (Wildman–Crippen MR) is 185 cm³/mol. The van der Waals surface area contributed by atoms with E-state index in [1.54, 1.807) is 54.7 Å². The molecule has 4 rings (SSSR count). The van der Waals surface area contributed by atoms with Gasteiger partial charge in [-0.3, -0.25) is 29.8 Å². The summed E-state index contributed by atoms with van der Waals surface area (Å²) in [4.78, 5) is 55.5. The van der Waals surface area contributed by atoms with Crippen LogP contribution in [-0.4, -0.2) is 46.8 Å². The Morgan fingerprint density at radius 2 is 1.11 bits per heavy atom. The molecule has 0 aliphatic carbocycles. The second kappa shape index (κ2) is 18.2. The van der Waals surface area contributed by atoms with Crippen molar-refractivity contribution in [3.8, 4) is 11.5 Å². The number of carbonyl (C=O) groups excluding carboxylic acids is 4. The number of para-hydroxylation sites is 4. The molecule has 0 spiro atoms. The van der Waals surface area contributed by atoms with Gasteiger partial charge in [-0.05, 0) is 52.0 Å². The second-order valence-electron chi connectivity index (χ2n) is 10.2. The SMILES string of the molecule is CC(C)COc1ccccc1NC(=O)C(=O)Nc1ncc(Br)s1.CC(C)COc1ccccc1NC(=O)C(=O)Nc1ncc(Cl)s1. The highest BCUT2D eigenvalue weighted by Gasteiger charge is 2.19. The van der Waals surface area contributed by atoms with Gasteiger partial charge in [0.2, 0.25) is 0 Å². The van der Waals surface area contributed by atoms with Gasteiger partial charge in [-0.15, -0.1) is 0 Å². The Bertz CT molecular complexity index is 1530. The summed E-state index contributed by atoms with van der Waals surface area (Å²) < 4.78 is 12.5. The van der Waals surface area contributed by atoms with Crippen molar-refractivity contribution in [3.05, 3.63) is 69.0 Å². The maximum atomic E-state index is 12.0. The number of halogens is 2. The monoisotopic (exact) mass is 750 g/mol. The number of amides is 4. The van der Waals surface area contributed by atoms with E-state index in [-0.39, 0.29) is 5.13 Å². The minimum atomic E-state index is -0.824. The molecule has 2 aromatic heterocycles. The Labute approximate surface area is 287 Å². The van der Waals surface area contributed by atoms with Gasteiger partial charge in [-0.2, -0.15) is 0 Å². The Kier molecular flexibility index (Phi) is 14.4. The van der Waals surface area contributed by atoms with Crippen molar-refractivity contribution in [2.24, 2.45) is 11.8 Å². The molecule has 12 nitrogen and oxygen atoms in total. The van der Waals surface area contributed by atoms with Crippen molar-refractivity contribution < 1.29 is 28.7 Å². The standard InChI is InChI=1S/C15H16BrN3O3S.C15H16ClN3O3S/c2*1-9(2)8-22-11-6-4-3-5-10(11)18-13(20)14(21)19-15-17-7-12(16)23-15/h2*3-7,9H,8H2,1-2H3,(H,18,20)(H,17,19,21). The summed E-state index contributed by atoms with van der Waals surface area (Å²) in [5.74, 6) is -1.46. The molecule has 4 aromatic rings. The van der Waals surface area contributed by atoms with Gasteiger partial charge >= 0.3 is 23.6 Å². The molecule has 0 saturated carbocycles. The lowest BCUT2D eigenvalue weighted by Crippen LogP contribution is -2.29.